The van der Waals surface area contributed by atoms with Crippen molar-refractivity contribution in [1.29, 1.82) is 0 Å². The maximum Gasteiger partial charge on any atom is 0.264 e. The fourth-order valence-electron chi connectivity index (χ4n) is 3.98. The average molecular weight is 510 g/mol. The SMILES string of the molecule is O=C(CN(c1ccccc1Cl)S(=O)(=O)c1ccccc1)N1CCN(C/C=C/c2ccccc2)CC1. The Balaban J connectivity index is 1.42. The van der Waals surface area contributed by atoms with Crippen LogP contribution in [0.1, 0.15) is 5.56 Å². The summed E-state index contributed by atoms with van der Waals surface area (Å²) in [5.74, 6) is -0.246. The van der Waals surface area contributed by atoms with Crippen molar-refractivity contribution in [3.63, 3.8) is 0 Å². The van der Waals surface area contributed by atoms with E-state index in [0.717, 1.165) is 29.5 Å². The molecule has 0 aliphatic carbocycles. The maximum atomic E-state index is 13.5. The molecule has 0 atom stereocenters. The first-order chi connectivity index (χ1) is 16.9. The predicted octanol–water partition coefficient (Wildman–Crippen LogP) is 4.39. The van der Waals surface area contributed by atoms with Gasteiger partial charge in [0, 0.05) is 32.7 Å². The highest BCUT2D eigenvalue weighted by Crippen LogP contribution is 2.30. The summed E-state index contributed by atoms with van der Waals surface area (Å²) in [7, 11) is -3.98. The number of anilines is 1. The van der Waals surface area contributed by atoms with E-state index in [9.17, 15) is 13.2 Å². The minimum absolute atomic E-state index is 0.114. The van der Waals surface area contributed by atoms with Gasteiger partial charge in [0.25, 0.3) is 10.0 Å². The van der Waals surface area contributed by atoms with E-state index in [0.29, 0.717) is 13.1 Å². The first-order valence-electron chi connectivity index (χ1n) is 11.5. The lowest BCUT2D eigenvalue weighted by Crippen LogP contribution is -2.51. The topological polar surface area (TPSA) is 60.9 Å². The number of rotatable bonds is 8. The molecular formula is C27H28ClN3O3S. The maximum absolute atomic E-state index is 13.5. The van der Waals surface area contributed by atoms with E-state index in [1.165, 1.54) is 12.1 Å². The van der Waals surface area contributed by atoms with Crippen molar-refractivity contribution >= 4 is 39.3 Å². The van der Waals surface area contributed by atoms with E-state index in [-0.39, 0.29) is 28.1 Å². The monoisotopic (exact) mass is 509 g/mol. The molecule has 0 spiro atoms. The third-order valence-electron chi connectivity index (χ3n) is 5.93. The van der Waals surface area contributed by atoms with Crippen LogP contribution >= 0.6 is 11.6 Å². The Morgan fingerprint density at radius 3 is 2.11 bits per heavy atom. The third kappa shape index (κ3) is 6.31. The summed E-state index contributed by atoms with van der Waals surface area (Å²) in [6.45, 7) is 3.02. The van der Waals surface area contributed by atoms with E-state index < -0.39 is 10.0 Å². The zero-order valence-corrected chi connectivity index (χ0v) is 20.9. The quantitative estimate of drug-likeness (QED) is 0.452. The molecule has 4 rings (SSSR count). The normalized spacial score (nSPS) is 14.8. The summed E-state index contributed by atoms with van der Waals surface area (Å²) < 4.78 is 28.1. The Labute approximate surface area is 212 Å². The van der Waals surface area contributed by atoms with Crippen LogP contribution in [0.3, 0.4) is 0 Å². The molecule has 0 saturated carbocycles. The minimum atomic E-state index is -3.98. The van der Waals surface area contributed by atoms with Gasteiger partial charge in [-0.25, -0.2) is 8.42 Å². The highest BCUT2D eigenvalue weighted by molar-refractivity contribution is 7.92. The summed E-state index contributed by atoms with van der Waals surface area (Å²) in [6, 6.07) is 24.9. The van der Waals surface area contributed by atoms with Crippen LogP contribution in [-0.2, 0) is 14.8 Å². The molecule has 1 heterocycles. The molecule has 0 bridgehead atoms. The Bertz CT molecular complexity index is 1260. The highest BCUT2D eigenvalue weighted by Gasteiger charge is 2.31. The number of para-hydroxylation sites is 1. The van der Waals surface area contributed by atoms with Crippen LogP contribution in [0.25, 0.3) is 6.08 Å². The van der Waals surface area contributed by atoms with Crippen molar-refractivity contribution in [3.8, 4) is 0 Å². The number of carbonyl (C=O) groups excluding carboxylic acids is 1. The van der Waals surface area contributed by atoms with Gasteiger partial charge in [-0.1, -0.05) is 84.4 Å². The van der Waals surface area contributed by atoms with Gasteiger partial charge in [-0.3, -0.25) is 14.0 Å². The molecule has 3 aromatic carbocycles. The van der Waals surface area contributed by atoms with Gasteiger partial charge in [0.15, 0.2) is 0 Å². The Morgan fingerprint density at radius 1 is 0.857 bits per heavy atom. The molecule has 0 radical (unpaired) electrons. The third-order valence-corrected chi connectivity index (χ3v) is 8.02. The fourth-order valence-corrected chi connectivity index (χ4v) is 5.72. The molecule has 1 amide bonds. The molecule has 1 aliphatic heterocycles. The first kappa shape index (κ1) is 25.0. The Hall–Kier alpha value is -3.13. The second-order valence-electron chi connectivity index (χ2n) is 8.27. The molecule has 0 unspecified atom stereocenters. The minimum Gasteiger partial charge on any atom is -0.339 e. The second kappa shape index (κ2) is 11.5. The molecule has 0 N–H and O–H groups in total. The largest absolute Gasteiger partial charge is 0.339 e. The van der Waals surface area contributed by atoms with Crippen molar-refractivity contribution in [1.82, 2.24) is 9.80 Å². The zero-order valence-electron chi connectivity index (χ0n) is 19.3. The number of amides is 1. The molecule has 6 nitrogen and oxygen atoms in total. The molecule has 182 valence electrons. The van der Waals surface area contributed by atoms with Gasteiger partial charge in [0.05, 0.1) is 15.6 Å². The van der Waals surface area contributed by atoms with E-state index in [1.54, 1.807) is 47.4 Å². The summed E-state index contributed by atoms with van der Waals surface area (Å²) in [4.78, 5) is 17.3. The number of nitrogens with zero attached hydrogens (tertiary/aromatic N) is 3. The van der Waals surface area contributed by atoms with Crippen LogP contribution in [-0.4, -0.2) is 63.4 Å². The average Bonchev–Trinajstić information content (AvgIpc) is 2.89. The van der Waals surface area contributed by atoms with Crippen molar-refractivity contribution < 1.29 is 13.2 Å². The molecular weight excluding hydrogens is 482 g/mol. The van der Waals surface area contributed by atoms with Crippen LogP contribution in [0.2, 0.25) is 5.02 Å². The van der Waals surface area contributed by atoms with Gasteiger partial charge in [0.1, 0.15) is 6.54 Å². The van der Waals surface area contributed by atoms with Crippen molar-refractivity contribution in [2.45, 2.75) is 4.90 Å². The highest BCUT2D eigenvalue weighted by atomic mass is 35.5. The molecule has 0 aromatic heterocycles. The van der Waals surface area contributed by atoms with Crippen molar-refractivity contribution in [3.05, 3.63) is 102 Å². The predicted molar refractivity (Wildman–Crippen MR) is 141 cm³/mol. The van der Waals surface area contributed by atoms with Gasteiger partial charge in [-0.15, -0.1) is 0 Å². The number of carbonyl (C=O) groups is 1. The van der Waals surface area contributed by atoms with Gasteiger partial charge in [0.2, 0.25) is 5.91 Å². The van der Waals surface area contributed by atoms with E-state index in [4.69, 9.17) is 11.6 Å². The van der Waals surface area contributed by atoms with Crippen LogP contribution in [0.4, 0.5) is 5.69 Å². The fraction of sp³-hybridized carbons (Fsp3) is 0.222. The number of piperazine rings is 1. The number of sulfonamides is 1. The van der Waals surface area contributed by atoms with E-state index in [2.05, 4.69) is 29.2 Å². The van der Waals surface area contributed by atoms with Crippen LogP contribution < -0.4 is 4.31 Å². The van der Waals surface area contributed by atoms with Crippen LogP contribution in [0.5, 0.6) is 0 Å². The van der Waals surface area contributed by atoms with Crippen LogP contribution in [0, 0.1) is 0 Å². The van der Waals surface area contributed by atoms with Crippen LogP contribution in [0.15, 0.2) is 95.9 Å². The molecule has 1 fully saturated rings. The summed E-state index contributed by atoms with van der Waals surface area (Å²) >= 11 is 6.35. The van der Waals surface area contributed by atoms with Gasteiger partial charge in [-0.05, 0) is 29.8 Å². The number of hydrogen-bond acceptors (Lipinski definition) is 4. The lowest BCUT2D eigenvalue weighted by Gasteiger charge is -2.35. The van der Waals surface area contributed by atoms with Crippen molar-refractivity contribution in [2.24, 2.45) is 0 Å². The number of halogens is 1. The summed E-state index contributed by atoms with van der Waals surface area (Å²) in [5.41, 5.74) is 1.44. The summed E-state index contributed by atoms with van der Waals surface area (Å²) in [5, 5.41) is 0.273. The zero-order chi connectivity index (χ0) is 24.7. The van der Waals surface area contributed by atoms with Crippen molar-refractivity contribution in [2.75, 3.05) is 43.6 Å². The standard InChI is InChI=1S/C27H28ClN3O3S/c28-25-15-7-8-16-26(25)31(35(33,34)24-13-5-2-6-14-24)22-27(32)30-20-18-29(19-21-30)17-9-12-23-10-3-1-4-11-23/h1-16H,17-22H2/b12-9+. The molecule has 3 aromatic rings. The molecule has 1 saturated heterocycles. The Morgan fingerprint density at radius 2 is 1.46 bits per heavy atom. The van der Waals surface area contributed by atoms with E-state index >= 15 is 0 Å². The molecule has 35 heavy (non-hydrogen) atoms. The smallest absolute Gasteiger partial charge is 0.264 e. The second-order valence-corrected chi connectivity index (χ2v) is 10.5. The lowest BCUT2D eigenvalue weighted by atomic mass is 10.2. The lowest BCUT2D eigenvalue weighted by molar-refractivity contribution is -0.131. The van der Waals surface area contributed by atoms with Gasteiger partial charge < -0.3 is 4.90 Å². The number of hydrogen-bond donors (Lipinski definition) is 0. The van der Waals surface area contributed by atoms with Gasteiger partial charge in [-0.2, -0.15) is 0 Å². The van der Waals surface area contributed by atoms with E-state index in [1.807, 2.05) is 18.2 Å². The van der Waals surface area contributed by atoms with Gasteiger partial charge >= 0.3 is 0 Å². The molecule has 1 aliphatic rings. The summed E-state index contributed by atoms with van der Waals surface area (Å²) in [6.07, 6.45) is 4.21. The number of benzene rings is 3. The molecule has 8 heteroatoms. The first-order valence-corrected chi connectivity index (χ1v) is 13.3. The Kier molecular flexibility index (Phi) is 8.23.